The van der Waals surface area contributed by atoms with Gasteiger partial charge < -0.3 is 9.52 Å². The Morgan fingerprint density at radius 2 is 2.15 bits per heavy atom. The molecule has 0 aromatic carbocycles. The summed E-state index contributed by atoms with van der Waals surface area (Å²) in [5, 5.41) is 22.6. The average Bonchev–Trinajstić information content (AvgIpc) is 3.08. The summed E-state index contributed by atoms with van der Waals surface area (Å²) in [5.74, 6) is 3.12. The maximum absolute atomic E-state index is 10.9. The minimum absolute atomic E-state index is 0.0667. The van der Waals surface area contributed by atoms with Crippen molar-refractivity contribution in [3.05, 3.63) is 29.5 Å². The van der Waals surface area contributed by atoms with Crippen LogP contribution in [0.4, 0.5) is 0 Å². The van der Waals surface area contributed by atoms with E-state index in [0.29, 0.717) is 28.7 Å². The van der Waals surface area contributed by atoms with Crippen LogP contribution >= 0.6 is 11.8 Å². The summed E-state index contributed by atoms with van der Waals surface area (Å²) in [4.78, 5) is 10.9. The number of carboxylic acid groups (broad SMARTS) is 1. The number of thioether (sulfide) groups is 1. The van der Waals surface area contributed by atoms with E-state index in [2.05, 4.69) is 22.2 Å². The van der Waals surface area contributed by atoms with Crippen LogP contribution in [-0.2, 0) is 4.79 Å². The molecule has 2 aromatic heterocycles. The van der Waals surface area contributed by atoms with Crippen molar-refractivity contribution in [2.75, 3.05) is 5.75 Å². The quantitative estimate of drug-likeness (QED) is 0.567. The fraction of sp³-hybridized carbons (Fsp3) is 0.579. The first-order valence-corrected chi connectivity index (χ1v) is 10.5. The van der Waals surface area contributed by atoms with Gasteiger partial charge in [-0.25, -0.2) is 0 Å². The second kappa shape index (κ2) is 7.88. The molecule has 144 valence electrons. The van der Waals surface area contributed by atoms with Gasteiger partial charge >= 0.3 is 5.97 Å². The summed E-state index contributed by atoms with van der Waals surface area (Å²) >= 11 is 1.14. The summed E-state index contributed by atoms with van der Waals surface area (Å²) in [6.07, 6.45) is 8.61. The van der Waals surface area contributed by atoms with Crippen LogP contribution in [-0.4, -0.2) is 37.9 Å². The lowest BCUT2D eigenvalue weighted by atomic mass is 9.89. The number of nitrogens with zero attached hydrogens (tertiary/aromatic N) is 4. The van der Waals surface area contributed by atoms with E-state index in [-0.39, 0.29) is 5.75 Å². The number of furan rings is 1. The van der Waals surface area contributed by atoms with Crippen molar-refractivity contribution in [1.29, 1.82) is 0 Å². The molecule has 2 aliphatic rings. The smallest absolute Gasteiger partial charge is 0.313 e. The summed E-state index contributed by atoms with van der Waals surface area (Å²) in [6, 6.07) is 3.95. The Bertz CT molecular complexity index is 838. The zero-order valence-corrected chi connectivity index (χ0v) is 16.2. The minimum atomic E-state index is -0.882. The predicted octanol–water partition coefficient (Wildman–Crippen LogP) is 4.10. The molecule has 8 heteroatoms. The Hall–Kier alpha value is -2.09. The number of carboxylic acids is 1. The van der Waals surface area contributed by atoms with E-state index in [4.69, 9.17) is 9.52 Å². The van der Waals surface area contributed by atoms with Crippen LogP contribution in [0, 0.1) is 5.92 Å². The highest BCUT2D eigenvalue weighted by molar-refractivity contribution is 7.99. The van der Waals surface area contributed by atoms with Gasteiger partial charge in [0.05, 0.1) is 12.0 Å². The molecule has 2 saturated carbocycles. The summed E-state index contributed by atoms with van der Waals surface area (Å²) in [6.45, 7) is 2.22. The van der Waals surface area contributed by atoms with Crippen LogP contribution in [0.2, 0.25) is 0 Å². The predicted molar refractivity (Wildman–Crippen MR) is 102 cm³/mol. The third-order valence-electron chi connectivity index (χ3n) is 5.35. The van der Waals surface area contributed by atoms with Gasteiger partial charge in [0.25, 0.3) is 0 Å². The molecule has 0 amide bonds. The molecule has 0 bridgehead atoms. The fourth-order valence-electron chi connectivity index (χ4n) is 3.69. The third-order valence-corrected chi connectivity index (χ3v) is 6.26. The Morgan fingerprint density at radius 1 is 1.37 bits per heavy atom. The van der Waals surface area contributed by atoms with Crippen molar-refractivity contribution in [1.82, 2.24) is 14.9 Å². The lowest BCUT2D eigenvalue weighted by molar-refractivity contribution is -0.133. The molecule has 0 unspecified atom stereocenters. The molecule has 1 N–H and O–H groups in total. The first kappa shape index (κ1) is 18.3. The normalized spacial score (nSPS) is 23.1. The maximum Gasteiger partial charge on any atom is 0.313 e. The molecule has 27 heavy (non-hydrogen) atoms. The molecule has 2 aliphatic carbocycles. The molecule has 2 fully saturated rings. The monoisotopic (exact) mass is 388 g/mol. The highest BCUT2D eigenvalue weighted by atomic mass is 32.2. The largest absolute Gasteiger partial charge is 0.481 e. The van der Waals surface area contributed by atoms with Gasteiger partial charge in [-0.15, -0.1) is 10.2 Å². The van der Waals surface area contributed by atoms with Crippen LogP contribution < -0.4 is 0 Å². The fourth-order valence-corrected chi connectivity index (χ4v) is 4.30. The van der Waals surface area contributed by atoms with E-state index in [1.165, 1.54) is 25.7 Å². The van der Waals surface area contributed by atoms with Gasteiger partial charge in [0.15, 0.2) is 5.82 Å². The van der Waals surface area contributed by atoms with E-state index >= 15 is 0 Å². The summed E-state index contributed by atoms with van der Waals surface area (Å²) in [7, 11) is 0. The van der Waals surface area contributed by atoms with Gasteiger partial charge in [0.2, 0.25) is 5.16 Å². The van der Waals surface area contributed by atoms with E-state index in [1.54, 1.807) is 10.9 Å². The molecule has 2 atom stereocenters. The number of hydrogen-bond acceptors (Lipinski definition) is 6. The summed E-state index contributed by atoms with van der Waals surface area (Å²) < 4.78 is 7.60. The van der Waals surface area contributed by atoms with Gasteiger partial charge in [0.1, 0.15) is 11.5 Å². The van der Waals surface area contributed by atoms with Crippen molar-refractivity contribution in [3.63, 3.8) is 0 Å². The molecule has 0 saturated heterocycles. The molecule has 2 aromatic rings. The number of hydrogen-bond donors (Lipinski definition) is 1. The van der Waals surface area contributed by atoms with Crippen molar-refractivity contribution >= 4 is 23.9 Å². The van der Waals surface area contributed by atoms with Gasteiger partial charge in [-0.05, 0) is 37.3 Å². The van der Waals surface area contributed by atoms with E-state index in [0.717, 1.165) is 36.2 Å². The van der Waals surface area contributed by atoms with Gasteiger partial charge in [-0.3, -0.25) is 4.79 Å². The van der Waals surface area contributed by atoms with Crippen molar-refractivity contribution in [2.45, 2.75) is 62.4 Å². The van der Waals surface area contributed by atoms with Crippen molar-refractivity contribution in [2.24, 2.45) is 11.0 Å². The lowest BCUT2D eigenvalue weighted by Gasteiger charge is -2.20. The first-order chi connectivity index (χ1) is 13.1. The zero-order valence-electron chi connectivity index (χ0n) is 15.4. The van der Waals surface area contributed by atoms with Crippen molar-refractivity contribution < 1.29 is 14.3 Å². The summed E-state index contributed by atoms with van der Waals surface area (Å²) in [5.41, 5.74) is 0. The van der Waals surface area contributed by atoms with Crippen LogP contribution in [0.5, 0.6) is 0 Å². The van der Waals surface area contributed by atoms with Gasteiger partial charge in [-0.2, -0.15) is 9.78 Å². The highest BCUT2D eigenvalue weighted by Gasteiger charge is 2.36. The standard InChI is InChI=1S/C19H24N4O3S/c1-12-9-15(12)16-8-7-14(26-16)10-20-23-18(13-5-3-2-4-6-13)21-22-19(23)27-11-17(24)25/h7-8,10,12-13,15H,2-6,9,11H2,1H3,(H,24,25)/b20-10-/t12-,15-/m0/s1. The maximum atomic E-state index is 10.9. The molecule has 0 aliphatic heterocycles. The number of aromatic nitrogens is 3. The lowest BCUT2D eigenvalue weighted by Crippen LogP contribution is -2.11. The van der Waals surface area contributed by atoms with E-state index in [9.17, 15) is 4.79 Å². The average molecular weight is 388 g/mol. The molecule has 2 heterocycles. The van der Waals surface area contributed by atoms with Crippen molar-refractivity contribution in [3.8, 4) is 0 Å². The van der Waals surface area contributed by atoms with E-state index in [1.807, 2.05) is 12.1 Å². The van der Waals surface area contributed by atoms with Gasteiger partial charge in [-0.1, -0.05) is 37.9 Å². The topological polar surface area (TPSA) is 93.5 Å². The highest BCUT2D eigenvalue weighted by Crippen LogP contribution is 2.47. The Balaban J connectivity index is 1.56. The molecular formula is C19H24N4O3S. The minimum Gasteiger partial charge on any atom is -0.481 e. The van der Waals surface area contributed by atoms with Crippen LogP contribution in [0.1, 0.15) is 74.6 Å². The first-order valence-electron chi connectivity index (χ1n) is 9.56. The zero-order chi connectivity index (χ0) is 18.8. The number of rotatable bonds is 7. The second-order valence-corrected chi connectivity index (χ2v) is 8.42. The molecule has 4 rings (SSSR count). The molecule has 7 nitrogen and oxygen atoms in total. The SMILES string of the molecule is C[C@H]1C[C@@H]1c1ccc(/C=N\n2c(SCC(=O)O)nnc2C2CCCCC2)o1. The Morgan fingerprint density at radius 3 is 2.85 bits per heavy atom. The second-order valence-electron chi connectivity index (χ2n) is 7.47. The number of carbonyl (C=O) groups is 1. The van der Waals surface area contributed by atoms with E-state index < -0.39 is 5.97 Å². The molecule has 0 radical (unpaired) electrons. The Kier molecular flexibility index (Phi) is 5.33. The van der Waals surface area contributed by atoms with Crippen LogP contribution in [0.25, 0.3) is 0 Å². The van der Waals surface area contributed by atoms with Gasteiger partial charge in [0, 0.05) is 11.8 Å². The third kappa shape index (κ3) is 4.26. The number of aliphatic carboxylic acids is 1. The Labute approximate surface area is 162 Å². The van der Waals surface area contributed by atoms with Crippen LogP contribution in [0.15, 0.2) is 26.8 Å². The molecule has 0 spiro atoms. The molecular weight excluding hydrogens is 364 g/mol. The van der Waals surface area contributed by atoms with Crippen LogP contribution in [0.3, 0.4) is 0 Å².